The number of aliphatic imine (C=N–C) groups is 1. The number of rotatable bonds is 2. The van der Waals surface area contributed by atoms with Crippen LogP contribution in [0.25, 0.3) is 0 Å². The zero-order chi connectivity index (χ0) is 21.3. The highest BCUT2D eigenvalue weighted by molar-refractivity contribution is 9.11. The molecule has 29 heavy (non-hydrogen) atoms. The lowest BCUT2D eigenvalue weighted by Crippen LogP contribution is -2.32. The van der Waals surface area contributed by atoms with Crippen molar-refractivity contribution in [1.29, 1.82) is 10.5 Å². The van der Waals surface area contributed by atoms with Gasteiger partial charge in [-0.2, -0.15) is 10.5 Å². The Bertz CT molecular complexity index is 1130. The van der Waals surface area contributed by atoms with Crippen molar-refractivity contribution >= 4 is 61.1 Å². The smallest absolute Gasteiger partial charge is 0.308 e. The van der Waals surface area contributed by atoms with E-state index in [-0.39, 0.29) is 28.8 Å². The number of hydrogen-bond acceptors (Lipinski definition) is 10. The minimum absolute atomic E-state index is 0.0390. The van der Waals surface area contributed by atoms with Crippen LogP contribution in [0.5, 0.6) is 5.75 Å². The summed E-state index contributed by atoms with van der Waals surface area (Å²) in [5.41, 5.74) is 13.3. The van der Waals surface area contributed by atoms with Crippen molar-refractivity contribution in [2.75, 3.05) is 16.8 Å². The molecule has 1 aliphatic rings. The van der Waals surface area contributed by atoms with Crippen LogP contribution in [-0.2, 0) is 4.79 Å². The predicted molar refractivity (Wildman–Crippen MR) is 113 cm³/mol. The van der Waals surface area contributed by atoms with E-state index in [1.165, 1.54) is 6.92 Å². The van der Waals surface area contributed by atoms with Crippen LogP contribution in [-0.4, -0.2) is 16.9 Å². The fraction of sp³-hybridized carbons (Fsp3) is 0.118. The molecule has 10 nitrogen and oxygen atoms in total. The van der Waals surface area contributed by atoms with Crippen LogP contribution in [0.2, 0.25) is 0 Å². The van der Waals surface area contributed by atoms with E-state index >= 15 is 0 Å². The third kappa shape index (κ3) is 3.81. The van der Waals surface area contributed by atoms with Crippen LogP contribution in [0.1, 0.15) is 29.7 Å². The maximum absolute atomic E-state index is 11.3. The highest BCUT2D eigenvalue weighted by Crippen LogP contribution is 2.44. The maximum Gasteiger partial charge on any atom is 0.308 e. The van der Waals surface area contributed by atoms with Crippen molar-refractivity contribution in [3.8, 4) is 18.0 Å². The lowest BCUT2D eigenvalue weighted by molar-refractivity contribution is -0.131. The van der Waals surface area contributed by atoms with Gasteiger partial charge in [0, 0.05) is 12.5 Å². The number of nitrogens with two attached hydrogens (primary N) is 2. The average molecular weight is 520 g/mol. The average Bonchev–Trinajstić information content (AvgIpc) is 2.64. The molecule has 0 amide bonds. The number of halogens is 2. The molecule has 0 saturated carbocycles. The van der Waals surface area contributed by atoms with E-state index in [0.717, 1.165) is 0 Å². The number of ether oxygens (including phenoxy) is 1. The van der Waals surface area contributed by atoms with E-state index in [4.69, 9.17) is 21.5 Å². The first kappa shape index (κ1) is 20.4. The molecule has 0 spiro atoms. The maximum atomic E-state index is 11.3. The summed E-state index contributed by atoms with van der Waals surface area (Å²) in [6.45, 7) is 1.29. The molecule has 1 aromatic carbocycles. The van der Waals surface area contributed by atoms with Gasteiger partial charge < -0.3 is 21.5 Å². The molecule has 0 saturated heterocycles. The van der Waals surface area contributed by atoms with Crippen LogP contribution < -0.4 is 26.8 Å². The first-order valence-electron chi connectivity index (χ1n) is 7.93. The minimum Gasteiger partial charge on any atom is -0.424 e. The summed E-state index contributed by atoms with van der Waals surface area (Å²) in [6.07, 6.45) is 1.78. The monoisotopic (exact) mass is 518 g/mol. The number of hydrogen-bond donors (Lipinski definition) is 4. The molecule has 0 radical (unpaired) electrons. The van der Waals surface area contributed by atoms with Crippen molar-refractivity contribution < 1.29 is 9.53 Å². The number of guanidine groups is 1. The number of nitrogen functional groups attached to an aromatic ring is 2. The standard InChI is InChI=1S/C17H12Br2N8O2/c1-6(28)29-14-9(18)2-7(3-10(14)19)13-11-12(22)8(4-20)15(23)26-16(11)27-17(25-13)24-5-21/h2-3,13H,1H3,(H6,22,23,24,25,26,27). The summed E-state index contributed by atoms with van der Waals surface area (Å²) in [6, 6.07) is 4.61. The topological polar surface area (TPSA) is 175 Å². The van der Waals surface area contributed by atoms with Gasteiger partial charge in [0.25, 0.3) is 0 Å². The predicted octanol–water partition coefficient (Wildman–Crippen LogP) is 2.51. The molecule has 1 unspecified atom stereocenters. The van der Waals surface area contributed by atoms with Crippen LogP contribution in [0.15, 0.2) is 26.1 Å². The van der Waals surface area contributed by atoms with E-state index in [0.29, 0.717) is 25.8 Å². The fourth-order valence-corrected chi connectivity index (χ4v) is 4.18. The first-order valence-corrected chi connectivity index (χ1v) is 9.51. The van der Waals surface area contributed by atoms with Crippen LogP contribution in [0.3, 0.4) is 0 Å². The molecule has 2 aromatic rings. The number of nitrogens with zero attached hydrogens (tertiary/aromatic N) is 4. The van der Waals surface area contributed by atoms with Crippen LogP contribution in [0, 0.1) is 22.8 Å². The third-order valence-corrected chi connectivity index (χ3v) is 5.12. The van der Waals surface area contributed by atoms with Crippen molar-refractivity contribution in [2.45, 2.75) is 13.0 Å². The lowest BCUT2D eigenvalue weighted by Gasteiger charge is -2.26. The number of aromatic nitrogens is 1. The number of nitriles is 2. The Labute approximate surface area is 181 Å². The van der Waals surface area contributed by atoms with Crippen molar-refractivity contribution in [1.82, 2.24) is 10.3 Å². The van der Waals surface area contributed by atoms with Gasteiger partial charge in [0.1, 0.15) is 29.3 Å². The number of fused-ring (bicyclic) bond motifs is 1. The van der Waals surface area contributed by atoms with Gasteiger partial charge in [-0.1, -0.05) is 0 Å². The van der Waals surface area contributed by atoms with Crippen LogP contribution in [0.4, 0.5) is 17.3 Å². The van der Waals surface area contributed by atoms with E-state index < -0.39 is 12.0 Å². The molecule has 1 atom stereocenters. The van der Waals surface area contributed by atoms with Crippen molar-refractivity contribution in [3.63, 3.8) is 0 Å². The Morgan fingerprint density at radius 1 is 1.31 bits per heavy atom. The Morgan fingerprint density at radius 2 is 1.97 bits per heavy atom. The van der Waals surface area contributed by atoms with Crippen molar-refractivity contribution in [3.05, 3.63) is 37.8 Å². The number of pyridine rings is 1. The largest absolute Gasteiger partial charge is 0.424 e. The molecule has 0 bridgehead atoms. The molecule has 0 aliphatic carbocycles. The molecule has 2 heterocycles. The normalized spacial score (nSPS) is 14.5. The van der Waals surface area contributed by atoms with Crippen LogP contribution >= 0.6 is 31.9 Å². The van der Waals surface area contributed by atoms with E-state index in [9.17, 15) is 10.1 Å². The summed E-state index contributed by atoms with van der Waals surface area (Å²) in [5.74, 6) is 0.189. The van der Waals surface area contributed by atoms with E-state index in [2.05, 4.69) is 52.5 Å². The van der Waals surface area contributed by atoms with Gasteiger partial charge in [-0.15, -0.1) is 0 Å². The Morgan fingerprint density at radius 3 is 2.52 bits per heavy atom. The number of carbonyl (C=O) groups is 1. The third-order valence-electron chi connectivity index (χ3n) is 3.94. The first-order chi connectivity index (χ1) is 13.8. The second-order valence-corrected chi connectivity index (χ2v) is 7.52. The summed E-state index contributed by atoms with van der Waals surface area (Å²) in [4.78, 5) is 20.0. The lowest BCUT2D eigenvalue weighted by atomic mass is 9.95. The second kappa shape index (κ2) is 7.95. The molecular formula is C17H12Br2N8O2. The quantitative estimate of drug-likeness (QED) is 0.201. The van der Waals surface area contributed by atoms with Gasteiger partial charge in [0.15, 0.2) is 11.9 Å². The number of nitrogens with one attached hydrogen (secondary N) is 2. The molecule has 0 fully saturated rings. The van der Waals surface area contributed by atoms with Gasteiger partial charge in [0.05, 0.1) is 14.6 Å². The Kier molecular flexibility index (Phi) is 5.59. The highest BCUT2D eigenvalue weighted by atomic mass is 79.9. The number of benzene rings is 1. The number of esters is 1. The van der Waals surface area contributed by atoms with Gasteiger partial charge in [-0.3, -0.25) is 10.1 Å². The fourth-order valence-electron chi connectivity index (χ4n) is 2.80. The van der Waals surface area contributed by atoms with E-state index in [1.807, 2.05) is 6.07 Å². The molecule has 1 aromatic heterocycles. The zero-order valence-electron chi connectivity index (χ0n) is 14.7. The SMILES string of the molecule is CC(=O)Oc1c(Br)cc(C2N=C(NC#N)Nc3nc(N)c(C#N)c(N)c32)cc1Br. The van der Waals surface area contributed by atoms with Gasteiger partial charge in [-0.25, -0.2) is 9.98 Å². The molecule has 1 aliphatic heterocycles. The van der Waals surface area contributed by atoms with Gasteiger partial charge >= 0.3 is 5.97 Å². The highest BCUT2D eigenvalue weighted by Gasteiger charge is 2.30. The Balaban J connectivity index is 2.23. The van der Waals surface area contributed by atoms with Gasteiger partial charge in [-0.05, 0) is 49.6 Å². The van der Waals surface area contributed by atoms with Gasteiger partial charge in [0.2, 0.25) is 5.96 Å². The molecule has 3 rings (SSSR count). The van der Waals surface area contributed by atoms with E-state index in [1.54, 1.807) is 18.3 Å². The van der Waals surface area contributed by atoms with Crippen molar-refractivity contribution in [2.24, 2.45) is 4.99 Å². The minimum atomic E-state index is -0.721. The molecular weight excluding hydrogens is 508 g/mol. The number of carbonyl (C=O) groups excluding carboxylic acids is 1. The molecule has 6 N–H and O–H groups in total. The number of anilines is 3. The second-order valence-electron chi connectivity index (χ2n) is 5.81. The summed E-state index contributed by atoms with van der Waals surface area (Å²) < 4.78 is 6.17. The summed E-state index contributed by atoms with van der Waals surface area (Å²) in [5, 5.41) is 23.6. The zero-order valence-corrected chi connectivity index (χ0v) is 17.9. The summed E-state index contributed by atoms with van der Waals surface area (Å²) in [7, 11) is 0. The molecule has 146 valence electrons. The summed E-state index contributed by atoms with van der Waals surface area (Å²) >= 11 is 6.76. The Hall–Kier alpha value is -3.35. The molecule has 12 heteroatoms.